The third-order valence-corrected chi connectivity index (χ3v) is 1.95. The molecule has 1 heterocycles. The molecule has 0 bridgehead atoms. The van der Waals surface area contributed by atoms with Crippen LogP contribution in [0.1, 0.15) is 0 Å². The number of nitrogens with one attached hydrogen (secondary N) is 1. The number of hydrogen-bond donors (Lipinski definition) is 1. The van der Waals surface area contributed by atoms with Gasteiger partial charge in [-0.1, -0.05) is 24.1 Å². The summed E-state index contributed by atoms with van der Waals surface area (Å²) in [4.78, 5) is 0. The highest BCUT2D eigenvalue weighted by Gasteiger charge is 1.96. The van der Waals surface area contributed by atoms with Crippen molar-refractivity contribution in [3.05, 3.63) is 36.5 Å². The van der Waals surface area contributed by atoms with Gasteiger partial charge in [0.25, 0.3) is 0 Å². The average Bonchev–Trinajstić information content (AvgIpc) is 2.58. The first kappa shape index (κ1) is 7.75. The molecule has 0 amide bonds. The Bertz CT molecular complexity index is 448. The van der Waals surface area contributed by atoms with Crippen LogP contribution in [0.4, 0.5) is 0 Å². The van der Waals surface area contributed by atoms with Gasteiger partial charge in [0, 0.05) is 11.6 Å². The predicted octanol–water partition coefficient (Wildman–Crippen LogP) is 1.82. The molecule has 2 nitrogen and oxygen atoms in total. The van der Waals surface area contributed by atoms with E-state index >= 15 is 0 Å². The number of rotatable bonds is 2. The number of terminal acetylenes is 1. The molecule has 0 atom stereocenters. The van der Waals surface area contributed by atoms with Gasteiger partial charge in [0.1, 0.15) is 0 Å². The van der Waals surface area contributed by atoms with Gasteiger partial charge in [-0.25, -0.2) is 0 Å². The number of aromatic nitrogens is 1. The first-order chi connectivity index (χ1) is 6.42. The molecule has 0 saturated heterocycles. The minimum Gasteiger partial charge on any atom is -0.314 e. The van der Waals surface area contributed by atoms with Crippen molar-refractivity contribution >= 4 is 10.9 Å². The molecule has 1 N–H and O–H groups in total. The Morgan fingerprint density at radius 1 is 1.31 bits per heavy atom. The van der Waals surface area contributed by atoms with Crippen molar-refractivity contribution in [1.29, 1.82) is 0 Å². The highest BCUT2D eigenvalue weighted by Crippen LogP contribution is 2.12. The third-order valence-electron chi connectivity index (χ3n) is 1.95. The second-order valence-corrected chi connectivity index (χ2v) is 2.78. The van der Waals surface area contributed by atoms with Gasteiger partial charge < -0.3 is 5.43 Å². The molecule has 2 heteroatoms. The summed E-state index contributed by atoms with van der Waals surface area (Å²) in [6.45, 7) is 0.540. The largest absolute Gasteiger partial charge is 0.314 e. The smallest absolute Gasteiger partial charge is 0.0919 e. The maximum atomic E-state index is 5.16. The van der Waals surface area contributed by atoms with E-state index in [-0.39, 0.29) is 0 Å². The fourth-order valence-electron chi connectivity index (χ4n) is 1.35. The van der Waals surface area contributed by atoms with Gasteiger partial charge in [-0.2, -0.15) is 0 Å². The van der Waals surface area contributed by atoms with Crippen molar-refractivity contribution in [2.24, 2.45) is 0 Å². The normalized spacial score (nSPS) is 9.77. The Morgan fingerprint density at radius 3 is 3.00 bits per heavy atom. The Balaban J connectivity index is 2.41. The van der Waals surface area contributed by atoms with Crippen LogP contribution in [0, 0.1) is 12.3 Å². The number of benzene rings is 1. The minimum atomic E-state index is 0.540. The third kappa shape index (κ3) is 1.36. The lowest BCUT2D eigenvalue weighted by Gasteiger charge is -2.04. The van der Waals surface area contributed by atoms with E-state index in [0.29, 0.717) is 6.54 Å². The Morgan fingerprint density at radius 2 is 2.15 bits per heavy atom. The minimum absolute atomic E-state index is 0.540. The fraction of sp³-hybridized carbons (Fsp3) is 0.0909. The van der Waals surface area contributed by atoms with Crippen molar-refractivity contribution in [3.8, 4) is 12.3 Å². The molecular weight excluding hydrogens is 160 g/mol. The van der Waals surface area contributed by atoms with Crippen molar-refractivity contribution in [2.45, 2.75) is 0 Å². The van der Waals surface area contributed by atoms with Crippen molar-refractivity contribution in [1.82, 2.24) is 4.68 Å². The topological polar surface area (TPSA) is 17.0 Å². The van der Waals surface area contributed by atoms with Crippen LogP contribution in [0.25, 0.3) is 10.9 Å². The van der Waals surface area contributed by atoms with E-state index in [1.54, 1.807) is 0 Å². The second-order valence-electron chi connectivity index (χ2n) is 2.78. The standard InChI is InChI=1S/C11H10N2/c1-2-8-12-13-9-7-10-5-3-4-6-11(10)13/h1,3-7,9,12H,8H2. The molecule has 1 aromatic heterocycles. The molecule has 0 aliphatic rings. The van der Waals surface area contributed by atoms with E-state index in [0.717, 1.165) is 5.52 Å². The van der Waals surface area contributed by atoms with E-state index in [4.69, 9.17) is 6.42 Å². The molecule has 0 unspecified atom stereocenters. The molecule has 13 heavy (non-hydrogen) atoms. The molecule has 0 spiro atoms. The summed E-state index contributed by atoms with van der Waals surface area (Å²) in [5.41, 5.74) is 4.25. The van der Waals surface area contributed by atoms with E-state index in [2.05, 4.69) is 29.5 Å². The molecular formula is C11H10N2. The quantitative estimate of drug-likeness (QED) is 0.680. The number of para-hydroxylation sites is 1. The van der Waals surface area contributed by atoms with Crippen molar-refractivity contribution < 1.29 is 0 Å². The summed E-state index contributed by atoms with van der Waals surface area (Å²) in [6, 6.07) is 10.2. The molecule has 0 fully saturated rings. The van der Waals surface area contributed by atoms with Crippen LogP contribution in [-0.2, 0) is 0 Å². The van der Waals surface area contributed by atoms with Crippen LogP contribution in [0.15, 0.2) is 36.5 Å². The van der Waals surface area contributed by atoms with Crippen LogP contribution < -0.4 is 5.43 Å². The molecule has 0 aliphatic heterocycles. The van der Waals surface area contributed by atoms with Gasteiger partial charge in [0.15, 0.2) is 0 Å². The summed E-state index contributed by atoms with van der Waals surface area (Å²) in [5, 5.41) is 1.21. The summed E-state index contributed by atoms with van der Waals surface area (Å²) < 4.78 is 1.94. The first-order valence-electron chi connectivity index (χ1n) is 4.15. The Hall–Kier alpha value is -1.88. The number of nitrogens with zero attached hydrogens (tertiary/aromatic N) is 1. The van der Waals surface area contributed by atoms with Crippen LogP contribution in [0.5, 0.6) is 0 Å². The SMILES string of the molecule is C#CCNn1ccc2ccccc21. The predicted molar refractivity (Wildman–Crippen MR) is 55.0 cm³/mol. The molecule has 2 rings (SSSR count). The highest BCUT2D eigenvalue weighted by molar-refractivity contribution is 5.80. The zero-order chi connectivity index (χ0) is 9.10. The lowest BCUT2D eigenvalue weighted by Crippen LogP contribution is -2.12. The fourth-order valence-corrected chi connectivity index (χ4v) is 1.35. The van der Waals surface area contributed by atoms with Gasteiger partial charge in [-0.3, -0.25) is 4.68 Å². The van der Waals surface area contributed by atoms with Gasteiger partial charge >= 0.3 is 0 Å². The van der Waals surface area contributed by atoms with Crippen LogP contribution >= 0.6 is 0 Å². The Labute approximate surface area is 77.1 Å². The molecule has 1 aromatic carbocycles. The van der Waals surface area contributed by atoms with Crippen molar-refractivity contribution in [2.75, 3.05) is 12.0 Å². The van der Waals surface area contributed by atoms with E-state index in [1.807, 2.05) is 23.0 Å². The van der Waals surface area contributed by atoms with Crippen LogP contribution in [0.3, 0.4) is 0 Å². The molecule has 0 radical (unpaired) electrons. The molecule has 0 aliphatic carbocycles. The van der Waals surface area contributed by atoms with E-state index < -0.39 is 0 Å². The molecule has 2 aromatic rings. The van der Waals surface area contributed by atoms with Gasteiger partial charge in [0.05, 0.1) is 12.1 Å². The van der Waals surface area contributed by atoms with Crippen LogP contribution in [-0.4, -0.2) is 11.2 Å². The second kappa shape index (κ2) is 3.24. The maximum Gasteiger partial charge on any atom is 0.0919 e. The summed E-state index contributed by atoms with van der Waals surface area (Å²) >= 11 is 0. The first-order valence-corrected chi connectivity index (χ1v) is 4.15. The number of hydrogen-bond acceptors (Lipinski definition) is 1. The summed E-state index contributed by atoms with van der Waals surface area (Å²) in [5.74, 6) is 2.54. The van der Waals surface area contributed by atoms with Gasteiger partial charge in [-0.05, 0) is 12.1 Å². The number of fused-ring (bicyclic) bond motifs is 1. The van der Waals surface area contributed by atoms with Gasteiger partial charge in [-0.15, -0.1) is 6.42 Å². The monoisotopic (exact) mass is 170 g/mol. The summed E-state index contributed by atoms with van der Waals surface area (Å²) in [7, 11) is 0. The molecule has 0 saturated carbocycles. The molecule has 64 valence electrons. The van der Waals surface area contributed by atoms with Crippen LogP contribution in [0.2, 0.25) is 0 Å². The lowest BCUT2D eigenvalue weighted by molar-refractivity contribution is 0.942. The average molecular weight is 170 g/mol. The maximum absolute atomic E-state index is 5.16. The van der Waals surface area contributed by atoms with E-state index in [1.165, 1.54) is 5.39 Å². The highest BCUT2D eigenvalue weighted by atomic mass is 15.4. The lowest BCUT2D eigenvalue weighted by atomic mass is 10.3. The Kier molecular flexibility index (Phi) is 1.93. The van der Waals surface area contributed by atoms with E-state index in [9.17, 15) is 0 Å². The van der Waals surface area contributed by atoms with Gasteiger partial charge in [0.2, 0.25) is 0 Å². The zero-order valence-electron chi connectivity index (χ0n) is 7.20. The summed E-state index contributed by atoms with van der Waals surface area (Å²) in [6.07, 6.45) is 7.14. The zero-order valence-corrected chi connectivity index (χ0v) is 7.20. The van der Waals surface area contributed by atoms with Crippen molar-refractivity contribution in [3.63, 3.8) is 0 Å².